The zero-order valence-electron chi connectivity index (χ0n) is 10.9. The highest BCUT2D eigenvalue weighted by Gasteiger charge is 2.32. The molecule has 1 amide bonds. The van der Waals surface area contributed by atoms with Crippen LogP contribution in [-0.4, -0.2) is 51.1 Å². The van der Waals surface area contributed by atoms with Crippen LogP contribution in [0.4, 0.5) is 0 Å². The monoisotopic (exact) mass is 227 g/mol. The highest BCUT2D eigenvalue weighted by molar-refractivity contribution is 5.78. The summed E-state index contributed by atoms with van der Waals surface area (Å²) in [5.74, 6) is 0.990. The van der Waals surface area contributed by atoms with Crippen molar-refractivity contribution in [1.82, 2.24) is 15.5 Å². The lowest BCUT2D eigenvalue weighted by Crippen LogP contribution is -2.44. The Morgan fingerprint density at radius 2 is 2.00 bits per heavy atom. The minimum Gasteiger partial charge on any atom is -0.354 e. The summed E-state index contributed by atoms with van der Waals surface area (Å²) in [6.45, 7) is 3.47. The number of nitrogens with one attached hydrogen (secondary N) is 2. The molecule has 1 rings (SSSR count). The molecule has 0 radical (unpaired) electrons. The summed E-state index contributed by atoms with van der Waals surface area (Å²) in [6, 6.07) is 0.505. The van der Waals surface area contributed by atoms with E-state index < -0.39 is 0 Å². The Kier molecular flexibility index (Phi) is 5.22. The fourth-order valence-corrected chi connectivity index (χ4v) is 2.03. The maximum absolute atomic E-state index is 11.7. The molecule has 1 saturated carbocycles. The topological polar surface area (TPSA) is 44.4 Å². The first-order chi connectivity index (χ1) is 7.56. The Bertz CT molecular complexity index is 224. The van der Waals surface area contributed by atoms with E-state index in [1.165, 1.54) is 12.8 Å². The van der Waals surface area contributed by atoms with Gasteiger partial charge in [0.15, 0.2) is 0 Å². The van der Waals surface area contributed by atoms with Gasteiger partial charge in [0.1, 0.15) is 0 Å². The zero-order valence-corrected chi connectivity index (χ0v) is 10.9. The smallest absolute Gasteiger partial charge is 0.224 e. The second-order valence-corrected chi connectivity index (χ2v) is 5.07. The van der Waals surface area contributed by atoms with Gasteiger partial charge in [0.25, 0.3) is 0 Å². The summed E-state index contributed by atoms with van der Waals surface area (Å²) < 4.78 is 0. The van der Waals surface area contributed by atoms with Crippen LogP contribution in [0.1, 0.15) is 19.8 Å². The molecule has 0 aromatic heterocycles. The van der Waals surface area contributed by atoms with Gasteiger partial charge in [-0.15, -0.1) is 0 Å². The van der Waals surface area contributed by atoms with Crippen LogP contribution in [0.2, 0.25) is 0 Å². The molecule has 0 aliphatic heterocycles. The third kappa shape index (κ3) is 4.10. The molecule has 1 aliphatic rings. The van der Waals surface area contributed by atoms with Crippen molar-refractivity contribution in [1.29, 1.82) is 0 Å². The molecule has 2 N–H and O–H groups in total. The highest BCUT2D eigenvalue weighted by atomic mass is 16.1. The van der Waals surface area contributed by atoms with Gasteiger partial charge in [0, 0.05) is 25.0 Å². The minimum absolute atomic E-state index is 0.0482. The van der Waals surface area contributed by atoms with E-state index in [1.807, 2.05) is 14.0 Å². The third-order valence-corrected chi connectivity index (χ3v) is 3.27. The molecule has 94 valence electrons. The molecule has 2 unspecified atom stereocenters. The SMILES string of the molecule is CNCC(C)C(=O)NCC(C1CC1)N(C)C. The lowest BCUT2D eigenvalue weighted by Gasteiger charge is -2.25. The van der Waals surface area contributed by atoms with Crippen LogP contribution in [0.25, 0.3) is 0 Å². The first-order valence-electron chi connectivity index (χ1n) is 6.15. The Morgan fingerprint density at radius 3 is 2.44 bits per heavy atom. The van der Waals surface area contributed by atoms with Crippen molar-refractivity contribution in [2.45, 2.75) is 25.8 Å². The Morgan fingerprint density at radius 1 is 1.38 bits per heavy atom. The Hall–Kier alpha value is -0.610. The van der Waals surface area contributed by atoms with Crippen molar-refractivity contribution in [3.05, 3.63) is 0 Å². The molecule has 1 aliphatic carbocycles. The minimum atomic E-state index is 0.0482. The molecule has 4 heteroatoms. The van der Waals surface area contributed by atoms with Crippen molar-refractivity contribution in [2.75, 3.05) is 34.2 Å². The van der Waals surface area contributed by atoms with Gasteiger partial charge in [-0.1, -0.05) is 6.92 Å². The fraction of sp³-hybridized carbons (Fsp3) is 0.917. The zero-order chi connectivity index (χ0) is 12.1. The van der Waals surface area contributed by atoms with E-state index in [1.54, 1.807) is 0 Å². The van der Waals surface area contributed by atoms with E-state index >= 15 is 0 Å². The molecular weight excluding hydrogens is 202 g/mol. The maximum atomic E-state index is 11.7. The molecule has 0 spiro atoms. The van der Waals surface area contributed by atoms with Gasteiger partial charge in [0.2, 0.25) is 5.91 Å². The normalized spacial score (nSPS) is 19.6. The number of hydrogen-bond donors (Lipinski definition) is 2. The van der Waals surface area contributed by atoms with Gasteiger partial charge >= 0.3 is 0 Å². The molecule has 2 atom stereocenters. The van der Waals surface area contributed by atoms with Crippen LogP contribution < -0.4 is 10.6 Å². The Labute approximate surface area is 98.8 Å². The van der Waals surface area contributed by atoms with Crippen LogP contribution in [0.15, 0.2) is 0 Å². The van der Waals surface area contributed by atoms with Crippen molar-refractivity contribution < 1.29 is 4.79 Å². The van der Waals surface area contributed by atoms with Crippen LogP contribution >= 0.6 is 0 Å². The molecule has 4 nitrogen and oxygen atoms in total. The van der Waals surface area contributed by atoms with Crippen molar-refractivity contribution in [3.8, 4) is 0 Å². The van der Waals surface area contributed by atoms with Gasteiger partial charge in [-0.25, -0.2) is 0 Å². The van der Waals surface area contributed by atoms with Gasteiger partial charge in [-0.2, -0.15) is 0 Å². The predicted molar refractivity (Wildman–Crippen MR) is 66.3 cm³/mol. The molecule has 0 aromatic carbocycles. The molecule has 0 heterocycles. The largest absolute Gasteiger partial charge is 0.354 e. The maximum Gasteiger partial charge on any atom is 0.224 e. The number of nitrogens with zero attached hydrogens (tertiary/aromatic N) is 1. The second kappa shape index (κ2) is 6.21. The summed E-state index contributed by atoms with van der Waals surface area (Å²) in [5, 5.41) is 6.07. The predicted octanol–water partition coefficient (Wildman–Crippen LogP) is 0.298. The van der Waals surface area contributed by atoms with E-state index in [0.29, 0.717) is 6.04 Å². The van der Waals surface area contributed by atoms with E-state index in [-0.39, 0.29) is 11.8 Å². The lowest BCUT2D eigenvalue weighted by atomic mass is 10.1. The number of likely N-dealkylation sites (N-methyl/N-ethyl adjacent to an activating group) is 1. The van der Waals surface area contributed by atoms with Crippen molar-refractivity contribution in [3.63, 3.8) is 0 Å². The van der Waals surface area contributed by atoms with E-state index in [0.717, 1.165) is 19.0 Å². The van der Waals surface area contributed by atoms with E-state index in [2.05, 4.69) is 29.6 Å². The number of rotatable bonds is 7. The first kappa shape index (κ1) is 13.5. The summed E-state index contributed by atoms with van der Waals surface area (Å²) in [7, 11) is 6.05. The van der Waals surface area contributed by atoms with Crippen molar-refractivity contribution in [2.24, 2.45) is 11.8 Å². The summed E-state index contributed by atoms with van der Waals surface area (Å²) in [6.07, 6.45) is 2.62. The second-order valence-electron chi connectivity index (χ2n) is 5.07. The van der Waals surface area contributed by atoms with Crippen LogP contribution in [0, 0.1) is 11.8 Å². The molecule has 0 bridgehead atoms. The number of carbonyl (C=O) groups excluding carboxylic acids is 1. The molecule has 1 fully saturated rings. The van der Waals surface area contributed by atoms with E-state index in [4.69, 9.17) is 0 Å². The third-order valence-electron chi connectivity index (χ3n) is 3.27. The standard InChI is InChI=1S/C12H25N3O/c1-9(7-13-2)12(16)14-8-11(15(3)4)10-5-6-10/h9-11,13H,5-8H2,1-4H3,(H,14,16). The van der Waals surface area contributed by atoms with Gasteiger partial charge in [0.05, 0.1) is 0 Å². The lowest BCUT2D eigenvalue weighted by molar-refractivity contribution is -0.124. The van der Waals surface area contributed by atoms with Crippen LogP contribution in [0.3, 0.4) is 0 Å². The van der Waals surface area contributed by atoms with Crippen LogP contribution in [-0.2, 0) is 4.79 Å². The summed E-state index contributed by atoms with van der Waals surface area (Å²) in [4.78, 5) is 14.0. The first-order valence-corrected chi connectivity index (χ1v) is 6.15. The number of carbonyl (C=O) groups is 1. The van der Waals surface area contributed by atoms with Gasteiger partial charge < -0.3 is 15.5 Å². The molecule has 16 heavy (non-hydrogen) atoms. The molecular formula is C12H25N3O. The van der Waals surface area contributed by atoms with Crippen LogP contribution in [0.5, 0.6) is 0 Å². The Balaban J connectivity index is 2.28. The summed E-state index contributed by atoms with van der Waals surface area (Å²) >= 11 is 0. The molecule has 0 saturated heterocycles. The average Bonchev–Trinajstić information content (AvgIpc) is 3.01. The summed E-state index contributed by atoms with van der Waals surface area (Å²) in [5.41, 5.74) is 0. The fourth-order valence-electron chi connectivity index (χ4n) is 2.03. The van der Waals surface area contributed by atoms with Gasteiger partial charge in [-0.05, 0) is 39.9 Å². The molecule has 0 aromatic rings. The highest BCUT2D eigenvalue weighted by Crippen LogP contribution is 2.34. The van der Waals surface area contributed by atoms with Gasteiger partial charge in [-0.3, -0.25) is 4.79 Å². The quantitative estimate of drug-likeness (QED) is 0.657. The number of amides is 1. The number of hydrogen-bond acceptors (Lipinski definition) is 3. The van der Waals surface area contributed by atoms with Crippen molar-refractivity contribution >= 4 is 5.91 Å². The van der Waals surface area contributed by atoms with E-state index in [9.17, 15) is 4.79 Å². The average molecular weight is 227 g/mol.